The second kappa shape index (κ2) is 6.72. The first kappa shape index (κ1) is 14.9. The summed E-state index contributed by atoms with van der Waals surface area (Å²) in [6.07, 6.45) is 0. The summed E-state index contributed by atoms with van der Waals surface area (Å²) in [4.78, 5) is 22.1. The summed E-state index contributed by atoms with van der Waals surface area (Å²) in [6, 6.07) is 3.05. The fraction of sp³-hybridized carbons (Fsp3) is 0.200. The summed E-state index contributed by atoms with van der Waals surface area (Å²) in [5.74, 6) is -1.30. The lowest BCUT2D eigenvalue weighted by Gasteiger charge is -2.13. The first-order valence-corrected chi connectivity index (χ1v) is 6.39. The number of carboxylic acid groups (broad SMARTS) is 1. The molecule has 0 aliphatic heterocycles. The molecule has 1 aromatic carbocycles. The van der Waals surface area contributed by atoms with E-state index in [-0.39, 0.29) is 0 Å². The molecule has 98 valence electrons. The Balaban J connectivity index is 2.67. The molecule has 0 aliphatic carbocycles. The third kappa shape index (κ3) is 4.28. The lowest BCUT2D eigenvalue weighted by atomic mass is 10.3. The van der Waals surface area contributed by atoms with Gasteiger partial charge in [0.1, 0.15) is 0 Å². The number of aliphatic carboxylic acids is 1. The lowest BCUT2D eigenvalue weighted by Crippen LogP contribution is -2.45. The van der Waals surface area contributed by atoms with Crippen molar-refractivity contribution < 1.29 is 19.8 Å². The number of hydrogen-bond acceptors (Lipinski definition) is 3. The summed E-state index contributed by atoms with van der Waals surface area (Å²) < 4.78 is 1.47. The molecule has 4 N–H and O–H groups in total. The zero-order valence-electron chi connectivity index (χ0n) is 8.98. The number of halogens is 2. The van der Waals surface area contributed by atoms with Crippen LogP contribution in [-0.4, -0.2) is 34.9 Å². The average molecular weight is 382 g/mol. The Morgan fingerprint density at radius 3 is 2.50 bits per heavy atom. The number of rotatable bonds is 4. The van der Waals surface area contributed by atoms with Gasteiger partial charge >= 0.3 is 12.0 Å². The summed E-state index contributed by atoms with van der Waals surface area (Å²) in [5, 5.41) is 22.0. The van der Waals surface area contributed by atoms with E-state index in [4.69, 9.17) is 10.2 Å². The molecule has 1 aromatic rings. The van der Waals surface area contributed by atoms with Gasteiger partial charge in [-0.05, 0) is 34.1 Å². The first-order chi connectivity index (χ1) is 8.43. The topological polar surface area (TPSA) is 98.7 Å². The number of carbonyl (C=O) groups is 2. The Morgan fingerprint density at radius 2 is 2.00 bits per heavy atom. The Morgan fingerprint density at radius 1 is 1.33 bits per heavy atom. The van der Waals surface area contributed by atoms with E-state index in [0.717, 1.165) is 4.47 Å². The van der Waals surface area contributed by atoms with E-state index in [1.54, 1.807) is 18.2 Å². The highest BCUT2D eigenvalue weighted by atomic mass is 79.9. The Bertz CT molecular complexity index is 467. The molecule has 0 bridgehead atoms. The highest BCUT2D eigenvalue weighted by molar-refractivity contribution is 9.11. The number of carboxylic acids is 1. The maximum atomic E-state index is 11.5. The molecule has 0 spiro atoms. The van der Waals surface area contributed by atoms with E-state index in [2.05, 4.69) is 42.5 Å². The van der Waals surface area contributed by atoms with Gasteiger partial charge in [-0.1, -0.05) is 15.9 Å². The van der Waals surface area contributed by atoms with Crippen molar-refractivity contribution in [1.82, 2.24) is 5.32 Å². The van der Waals surface area contributed by atoms with Crippen molar-refractivity contribution in [2.24, 2.45) is 0 Å². The Hall–Kier alpha value is -1.12. The zero-order valence-corrected chi connectivity index (χ0v) is 12.2. The first-order valence-electron chi connectivity index (χ1n) is 4.80. The van der Waals surface area contributed by atoms with Crippen molar-refractivity contribution in [3.8, 4) is 0 Å². The molecule has 6 nitrogen and oxygen atoms in total. The van der Waals surface area contributed by atoms with E-state index >= 15 is 0 Å². The minimum absolute atomic E-state index is 0.484. The van der Waals surface area contributed by atoms with Crippen LogP contribution in [0.5, 0.6) is 0 Å². The number of benzene rings is 1. The SMILES string of the molecule is O=C(Nc1ccc(Br)cc1Br)N[C@@H](CO)C(=O)O. The molecular weight excluding hydrogens is 372 g/mol. The molecule has 1 atom stereocenters. The number of urea groups is 1. The minimum atomic E-state index is -1.33. The van der Waals surface area contributed by atoms with Gasteiger partial charge < -0.3 is 20.8 Å². The summed E-state index contributed by atoms with van der Waals surface area (Å²) in [5.41, 5.74) is 0.484. The maximum absolute atomic E-state index is 11.5. The van der Waals surface area contributed by atoms with Crippen molar-refractivity contribution in [3.05, 3.63) is 27.1 Å². The third-order valence-electron chi connectivity index (χ3n) is 1.97. The fourth-order valence-electron chi connectivity index (χ4n) is 1.09. The van der Waals surface area contributed by atoms with Gasteiger partial charge in [-0.25, -0.2) is 9.59 Å². The van der Waals surface area contributed by atoms with Crippen molar-refractivity contribution in [1.29, 1.82) is 0 Å². The van der Waals surface area contributed by atoms with Crippen LogP contribution in [0.4, 0.5) is 10.5 Å². The smallest absolute Gasteiger partial charge is 0.328 e. The average Bonchev–Trinajstić information content (AvgIpc) is 2.29. The van der Waals surface area contributed by atoms with E-state index in [1.165, 1.54) is 0 Å². The number of nitrogens with one attached hydrogen (secondary N) is 2. The molecule has 0 aromatic heterocycles. The van der Waals surface area contributed by atoms with Gasteiger partial charge in [-0.2, -0.15) is 0 Å². The molecule has 1 rings (SSSR count). The minimum Gasteiger partial charge on any atom is -0.480 e. The highest BCUT2D eigenvalue weighted by Gasteiger charge is 2.18. The van der Waals surface area contributed by atoms with Crippen LogP contribution in [0.25, 0.3) is 0 Å². The molecule has 0 saturated carbocycles. The van der Waals surface area contributed by atoms with Crippen LogP contribution in [0.2, 0.25) is 0 Å². The van der Waals surface area contributed by atoms with E-state index in [0.29, 0.717) is 10.2 Å². The molecule has 0 unspecified atom stereocenters. The van der Waals surface area contributed by atoms with Crippen LogP contribution < -0.4 is 10.6 Å². The number of amides is 2. The van der Waals surface area contributed by atoms with Gasteiger partial charge in [0, 0.05) is 8.95 Å². The van der Waals surface area contributed by atoms with Gasteiger partial charge in [0.25, 0.3) is 0 Å². The van der Waals surface area contributed by atoms with Crippen LogP contribution in [0, 0.1) is 0 Å². The van der Waals surface area contributed by atoms with Crippen molar-refractivity contribution >= 4 is 49.5 Å². The summed E-state index contributed by atoms with van der Waals surface area (Å²) >= 11 is 6.51. The summed E-state index contributed by atoms with van der Waals surface area (Å²) in [7, 11) is 0. The van der Waals surface area contributed by atoms with E-state index < -0.39 is 24.6 Å². The van der Waals surface area contributed by atoms with Gasteiger partial charge in [0.15, 0.2) is 6.04 Å². The quantitative estimate of drug-likeness (QED) is 0.638. The van der Waals surface area contributed by atoms with Gasteiger partial charge in [0.05, 0.1) is 12.3 Å². The lowest BCUT2D eigenvalue weighted by molar-refractivity contribution is -0.140. The number of aliphatic hydroxyl groups excluding tert-OH is 1. The van der Waals surface area contributed by atoms with Crippen molar-refractivity contribution in [2.45, 2.75) is 6.04 Å². The van der Waals surface area contributed by atoms with Gasteiger partial charge in [-0.15, -0.1) is 0 Å². The number of hydrogen-bond donors (Lipinski definition) is 4. The van der Waals surface area contributed by atoms with Gasteiger partial charge in [-0.3, -0.25) is 0 Å². The second-order valence-electron chi connectivity index (χ2n) is 3.30. The van der Waals surface area contributed by atoms with Crippen molar-refractivity contribution in [3.63, 3.8) is 0 Å². The van der Waals surface area contributed by atoms with Crippen LogP contribution >= 0.6 is 31.9 Å². The normalized spacial score (nSPS) is 11.7. The zero-order chi connectivity index (χ0) is 13.7. The summed E-state index contributed by atoms with van der Waals surface area (Å²) in [6.45, 7) is -0.676. The van der Waals surface area contributed by atoms with E-state index in [1.807, 2.05) is 0 Å². The molecule has 0 saturated heterocycles. The fourth-order valence-corrected chi connectivity index (χ4v) is 2.24. The van der Waals surface area contributed by atoms with Crippen LogP contribution in [-0.2, 0) is 4.79 Å². The predicted molar refractivity (Wildman–Crippen MR) is 72.5 cm³/mol. The van der Waals surface area contributed by atoms with Crippen LogP contribution in [0.15, 0.2) is 27.1 Å². The highest BCUT2D eigenvalue weighted by Crippen LogP contribution is 2.25. The molecule has 0 heterocycles. The number of anilines is 1. The van der Waals surface area contributed by atoms with Gasteiger partial charge in [0.2, 0.25) is 0 Å². The largest absolute Gasteiger partial charge is 0.480 e. The van der Waals surface area contributed by atoms with Crippen LogP contribution in [0.1, 0.15) is 0 Å². The number of aliphatic hydroxyl groups is 1. The molecular formula is C10H10Br2N2O4. The molecule has 8 heteroatoms. The van der Waals surface area contributed by atoms with Crippen molar-refractivity contribution in [2.75, 3.05) is 11.9 Å². The monoisotopic (exact) mass is 380 g/mol. The second-order valence-corrected chi connectivity index (χ2v) is 5.07. The molecule has 0 radical (unpaired) electrons. The molecule has 18 heavy (non-hydrogen) atoms. The molecule has 0 aliphatic rings. The Kier molecular flexibility index (Phi) is 5.57. The van der Waals surface area contributed by atoms with E-state index in [9.17, 15) is 9.59 Å². The number of carbonyl (C=O) groups excluding carboxylic acids is 1. The molecule has 2 amide bonds. The van der Waals surface area contributed by atoms with Crippen LogP contribution in [0.3, 0.4) is 0 Å². The standard InChI is InChI=1S/C10H10Br2N2O4/c11-5-1-2-7(6(12)3-5)13-10(18)14-8(4-15)9(16)17/h1-3,8,15H,4H2,(H,16,17)(H2,13,14,18)/t8-/m0/s1. The maximum Gasteiger partial charge on any atom is 0.328 e. The third-order valence-corrected chi connectivity index (χ3v) is 3.11. The Labute approximate surface area is 120 Å². The molecule has 0 fully saturated rings. The predicted octanol–water partition coefficient (Wildman–Crippen LogP) is 1.78.